The van der Waals surface area contributed by atoms with Crippen LogP contribution in [0.15, 0.2) is 79.6 Å². The standard InChI is InChI=1S/C21H14N6OS/c1-2-4-18-17(3-1)27-21(29-18)26-15-5-7-16(8-6-15)28-20-19(24-9-10-25-20)14-11-22-13-23-12-14/h1-13H,(H,26,27). The fourth-order valence-corrected chi connectivity index (χ4v) is 3.67. The molecule has 0 atom stereocenters. The lowest BCUT2D eigenvalue weighted by molar-refractivity contribution is 0.462. The molecule has 0 saturated carbocycles. The molecule has 0 aliphatic heterocycles. The summed E-state index contributed by atoms with van der Waals surface area (Å²) < 4.78 is 7.10. The van der Waals surface area contributed by atoms with Crippen LogP contribution >= 0.6 is 11.3 Å². The molecule has 3 heterocycles. The lowest BCUT2D eigenvalue weighted by Gasteiger charge is -2.09. The van der Waals surface area contributed by atoms with E-state index in [4.69, 9.17) is 4.74 Å². The molecule has 7 nitrogen and oxygen atoms in total. The monoisotopic (exact) mass is 398 g/mol. The number of aromatic nitrogens is 5. The van der Waals surface area contributed by atoms with E-state index in [1.54, 1.807) is 36.1 Å². The van der Waals surface area contributed by atoms with Gasteiger partial charge in [0.05, 0.1) is 10.2 Å². The van der Waals surface area contributed by atoms with Gasteiger partial charge in [-0.15, -0.1) is 0 Å². The highest BCUT2D eigenvalue weighted by Crippen LogP contribution is 2.31. The van der Waals surface area contributed by atoms with Crippen LogP contribution in [-0.4, -0.2) is 24.9 Å². The average molecular weight is 398 g/mol. The Morgan fingerprint density at radius 3 is 2.48 bits per heavy atom. The molecule has 0 radical (unpaired) electrons. The number of nitrogens with one attached hydrogen (secondary N) is 1. The van der Waals surface area contributed by atoms with Crippen molar-refractivity contribution in [1.82, 2.24) is 24.9 Å². The summed E-state index contributed by atoms with van der Waals surface area (Å²) in [5.74, 6) is 1.05. The summed E-state index contributed by atoms with van der Waals surface area (Å²) in [6.07, 6.45) is 8.02. The zero-order valence-electron chi connectivity index (χ0n) is 15.1. The Kier molecular flexibility index (Phi) is 4.51. The molecule has 0 unspecified atom stereocenters. The van der Waals surface area contributed by atoms with E-state index in [2.05, 4.69) is 36.3 Å². The van der Waals surface area contributed by atoms with Gasteiger partial charge in [0.1, 0.15) is 17.8 Å². The molecule has 0 bridgehead atoms. The Morgan fingerprint density at radius 2 is 1.66 bits per heavy atom. The van der Waals surface area contributed by atoms with Gasteiger partial charge in [-0.2, -0.15) is 0 Å². The molecule has 3 aromatic heterocycles. The summed E-state index contributed by atoms with van der Waals surface area (Å²) >= 11 is 1.61. The smallest absolute Gasteiger partial charge is 0.246 e. The van der Waals surface area contributed by atoms with Crippen LogP contribution in [0.2, 0.25) is 0 Å². The summed E-state index contributed by atoms with van der Waals surface area (Å²) in [5, 5.41) is 4.18. The van der Waals surface area contributed by atoms with Gasteiger partial charge in [0.2, 0.25) is 5.88 Å². The van der Waals surface area contributed by atoms with Crippen molar-refractivity contribution in [2.75, 3.05) is 5.32 Å². The topological polar surface area (TPSA) is 85.7 Å². The van der Waals surface area contributed by atoms with Crippen LogP contribution in [0.3, 0.4) is 0 Å². The summed E-state index contributed by atoms with van der Waals surface area (Å²) in [7, 11) is 0. The van der Waals surface area contributed by atoms with Gasteiger partial charge in [0.15, 0.2) is 5.13 Å². The number of nitrogens with zero attached hydrogens (tertiary/aromatic N) is 5. The highest BCUT2D eigenvalue weighted by molar-refractivity contribution is 7.22. The molecule has 140 valence electrons. The van der Waals surface area contributed by atoms with Gasteiger partial charge in [0.25, 0.3) is 0 Å². The molecule has 0 fully saturated rings. The van der Waals surface area contributed by atoms with Crippen LogP contribution in [0.4, 0.5) is 10.8 Å². The minimum absolute atomic E-state index is 0.397. The van der Waals surface area contributed by atoms with E-state index in [1.807, 2.05) is 42.5 Å². The average Bonchev–Trinajstić information content (AvgIpc) is 3.18. The Morgan fingerprint density at radius 1 is 0.862 bits per heavy atom. The Balaban J connectivity index is 1.35. The second-order valence-electron chi connectivity index (χ2n) is 6.08. The molecule has 0 amide bonds. The number of rotatable bonds is 5. The number of fused-ring (bicyclic) bond motifs is 1. The molecule has 0 aliphatic rings. The van der Waals surface area contributed by atoms with Crippen molar-refractivity contribution < 1.29 is 4.74 Å². The van der Waals surface area contributed by atoms with E-state index in [0.717, 1.165) is 26.6 Å². The van der Waals surface area contributed by atoms with Gasteiger partial charge in [-0.05, 0) is 36.4 Å². The first-order chi connectivity index (χ1) is 14.3. The molecular weight excluding hydrogens is 384 g/mol. The second-order valence-corrected chi connectivity index (χ2v) is 7.11. The zero-order chi connectivity index (χ0) is 19.5. The molecule has 2 aromatic carbocycles. The van der Waals surface area contributed by atoms with E-state index >= 15 is 0 Å². The number of benzene rings is 2. The maximum Gasteiger partial charge on any atom is 0.246 e. The molecule has 0 aliphatic carbocycles. The first-order valence-electron chi connectivity index (χ1n) is 8.82. The first-order valence-corrected chi connectivity index (χ1v) is 9.64. The predicted octanol–water partition coefficient (Wildman–Crippen LogP) is 5.08. The second kappa shape index (κ2) is 7.61. The lowest BCUT2D eigenvalue weighted by Crippen LogP contribution is -1.95. The molecule has 5 rings (SSSR count). The predicted molar refractivity (Wildman–Crippen MR) is 112 cm³/mol. The number of hydrogen-bond acceptors (Lipinski definition) is 8. The molecule has 1 N–H and O–H groups in total. The Bertz CT molecular complexity index is 1220. The molecular formula is C21H14N6OS. The maximum atomic E-state index is 5.95. The van der Waals surface area contributed by atoms with Crippen LogP contribution in [0.5, 0.6) is 11.6 Å². The molecule has 5 aromatic rings. The van der Waals surface area contributed by atoms with Gasteiger partial charge in [-0.25, -0.2) is 24.9 Å². The third kappa shape index (κ3) is 3.74. The lowest BCUT2D eigenvalue weighted by atomic mass is 10.2. The first kappa shape index (κ1) is 17.2. The number of ether oxygens (including phenoxy) is 1. The largest absolute Gasteiger partial charge is 0.437 e. The SMILES string of the molecule is c1ccc2sc(Nc3ccc(Oc4nccnc4-c4cncnc4)cc3)nc2c1. The quantitative estimate of drug-likeness (QED) is 0.442. The fourth-order valence-electron chi connectivity index (χ4n) is 2.79. The van der Waals surface area contributed by atoms with Crippen molar-refractivity contribution in [2.45, 2.75) is 0 Å². The van der Waals surface area contributed by atoms with Crippen LogP contribution < -0.4 is 10.1 Å². The highest BCUT2D eigenvalue weighted by Gasteiger charge is 2.11. The van der Waals surface area contributed by atoms with Crippen molar-refractivity contribution in [3.05, 3.63) is 79.6 Å². The molecule has 0 saturated heterocycles. The van der Waals surface area contributed by atoms with Crippen molar-refractivity contribution in [1.29, 1.82) is 0 Å². The van der Waals surface area contributed by atoms with E-state index in [1.165, 1.54) is 6.33 Å². The van der Waals surface area contributed by atoms with E-state index in [-0.39, 0.29) is 0 Å². The molecule has 29 heavy (non-hydrogen) atoms. The van der Waals surface area contributed by atoms with Crippen LogP contribution in [0.25, 0.3) is 21.5 Å². The van der Waals surface area contributed by atoms with Gasteiger partial charge in [-0.1, -0.05) is 23.5 Å². The molecule has 8 heteroatoms. The van der Waals surface area contributed by atoms with Gasteiger partial charge < -0.3 is 10.1 Å². The summed E-state index contributed by atoms with van der Waals surface area (Å²) in [6, 6.07) is 15.7. The van der Waals surface area contributed by atoms with Crippen molar-refractivity contribution >= 4 is 32.4 Å². The summed E-state index contributed by atoms with van der Waals surface area (Å²) in [4.78, 5) is 21.3. The maximum absolute atomic E-state index is 5.95. The normalized spacial score (nSPS) is 10.8. The summed E-state index contributed by atoms with van der Waals surface area (Å²) in [5.41, 5.74) is 3.24. The highest BCUT2D eigenvalue weighted by atomic mass is 32.1. The van der Waals surface area contributed by atoms with Crippen molar-refractivity contribution in [3.63, 3.8) is 0 Å². The van der Waals surface area contributed by atoms with E-state index in [0.29, 0.717) is 17.3 Å². The Hall–Kier alpha value is -3.91. The van der Waals surface area contributed by atoms with E-state index in [9.17, 15) is 0 Å². The third-order valence-electron chi connectivity index (χ3n) is 4.11. The minimum atomic E-state index is 0.397. The van der Waals surface area contributed by atoms with E-state index < -0.39 is 0 Å². The number of thiazole rings is 1. The van der Waals surface area contributed by atoms with Gasteiger partial charge >= 0.3 is 0 Å². The number of hydrogen-bond donors (Lipinski definition) is 1. The fraction of sp³-hybridized carbons (Fsp3) is 0. The van der Waals surface area contributed by atoms with Crippen LogP contribution in [0.1, 0.15) is 0 Å². The Labute approximate surface area is 170 Å². The third-order valence-corrected chi connectivity index (χ3v) is 5.06. The molecule has 0 spiro atoms. The van der Waals surface area contributed by atoms with Crippen molar-refractivity contribution in [3.8, 4) is 22.9 Å². The zero-order valence-corrected chi connectivity index (χ0v) is 15.9. The van der Waals surface area contributed by atoms with Gasteiger partial charge in [-0.3, -0.25) is 0 Å². The number of para-hydroxylation sites is 1. The minimum Gasteiger partial charge on any atom is -0.437 e. The van der Waals surface area contributed by atoms with Crippen LogP contribution in [0, 0.1) is 0 Å². The summed E-state index contributed by atoms with van der Waals surface area (Å²) in [6.45, 7) is 0. The van der Waals surface area contributed by atoms with Crippen molar-refractivity contribution in [2.24, 2.45) is 0 Å². The van der Waals surface area contributed by atoms with Crippen LogP contribution in [-0.2, 0) is 0 Å². The van der Waals surface area contributed by atoms with Gasteiger partial charge in [0, 0.05) is 36.0 Å². The number of anilines is 2.